The molecular formula is C10H20N2O. The molecule has 3 nitrogen and oxygen atoms in total. The van der Waals surface area contributed by atoms with Crippen LogP contribution in [-0.2, 0) is 4.79 Å². The highest BCUT2D eigenvalue weighted by atomic mass is 16.2. The van der Waals surface area contributed by atoms with Crippen LogP contribution in [0.3, 0.4) is 0 Å². The van der Waals surface area contributed by atoms with Crippen LogP contribution in [0.5, 0.6) is 0 Å². The fraction of sp³-hybridized carbons (Fsp3) is 0.900. The van der Waals surface area contributed by atoms with Gasteiger partial charge in [0.1, 0.15) is 0 Å². The number of carbonyl (C=O) groups is 1. The van der Waals surface area contributed by atoms with Gasteiger partial charge in [-0.05, 0) is 26.3 Å². The van der Waals surface area contributed by atoms with E-state index in [1.165, 1.54) is 12.8 Å². The van der Waals surface area contributed by atoms with Crippen LogP contribution in [0.4, 0.5) is 0 Å². The largest absolute Gasteiger partial charge is 0.342 e. The van der Waals surface area contributed by atoms with E-state index in [1.54, 1.807) is 0 Å². The number of nitrogens with zero attached hydrogens (tertiary/aromatic N) is 1. The number of hydrogen-bond donors (Lipinski definition) is 1. The van der Waals surface area contributed by atoms with E-state index in [-0.39, 0.29) is 5.92 Å². The van der Waals surface area contributed by atoms with E-state index in [1.807, 2.05) is 11.9 Å². The molecule has 1 N–H and O–H groups in total. The molecule has 0 aromatic heterocycles. The van der Waals surface area contributed by atoms with E-state index in [9.17, 15) is 4.79 Å². The zero-order valence-corrected chi connectivity index (χ0v) is 8.68. The minimum absolute atomic E-state index is 0.183. The van der Waals surface area contributed by atoms with Gasteiger partial charge in [-0.15, -0.1) is 0 Å². The average Bonchev–Trinajstić information content (AvgIpc) is 2.65. The van der Waals surface area contributed by atoms with Crippen molar-refractivity contribution in [3.8, 4) is 0 Å². The Morgan fingerprint density at radius 3 is 2.54 bits per heavy atom. The lowest BCUT2D eigenvalue weighted by molar-refractivity contribution is -0.134. The summed E-state index contributed by atoms with van der Waals surface area (Å²) < 4.78 is 0. The molecule has 13 heavy (non-hydrogen) atoms. The first-order chi connectivity index (χ1) is 6.29. The molecule has 0 radical (unpaired) electrons. The maximum absolute atomic E-state index is 11.9. The Morgan fingerprint density at radius 2 is 2.08 bits per heavy atom. The zero-order chi connectivity index (χ0) is 9.68. The lowest BCUT2D eigenvalue weighted by Crippen LogP contribution is -2.37. The van der Waals surface area contributed by atoms with Gasteiger partial charge in [-0.25, -0.2) is 0 Å². The fourth-order valence-corrected chi connectivity index (χ4v) is 1.85. The van der Waals surface area contributed by atoms with E-state index >= 15 is 0 Å². The van der Waals surface area contributed by atoms with Crippen molar-refractivity contribution >= 4 is 5.91 Å². The third-order valence-electron chi connectivity index (χ3n) is 2.71. The zero-order valence-electron chi connectivity index (χ0n) is 8.68. The summed E-state index contributed by atoms with van der Waals surface area (Å²) in [5, 5.41) is 3.08. The van der Waals surface area contributed by atoms with Crippen LogP contribution in [0.1, 0.15) is 26.2 Å². The highest BCUT2D eigenvalue weighted by molar-refractivity contribution is 5.79. The van der Waals surface area contributed by atoms with E-state index in [0.717, 1.165) is 26.1 Å². The third kappa shape index (κ3) is 2.69. The van der Waals surface area contributed by atoms with Crippen LogP contribution in [0.25, 0.3) is 0 Å². The van der Waals surface area contributed by atoms with Gasteiger partial charge in [-0.2, -0.15) is 0 Å². The number of amides is 1. The third-order valence-corrected chi connectivity index (χ3v) is 2.71. The van der Waals surface area contributed by atoms with Gasteiger partial charge >= 0.3 is 0 Å². The molecule has 0 bridgehead atoms. The molecule has 0 aliphatic carbocycles. The monoisotopic (exact) mass is 184 g/mol. The molecule has 1 saturated heterocycles. The summed E-state index contributed by atoms with van der Waals surface area (Å²) in [6.45, 7) is 4.83. The molecule has 1 heterocycles. The molecule has 1 amide bonds. The van der Waals surface area contributed by atoms with Crippen molar-refractivity contribution < 1.29 is 4.79 Å². The Morgan fingerprint density at radius 1 is 1.46 bits per heavy atom. The Labute approximate surface area is 80.5 Å². The topological polar surface area (TPSA) is 32.3 Å². The second-order valence-electron chi connectivity index (χ2n) is 3.70. The van der Waals surface area contributed by atoms with Gasteiger partial charge in [-0.3, -0.25) is 4.79 Å². The number of nitrogens with one attached hydrogen (secondary N) is 1. The molecule has 1 unspecified atom stereocenters. The summed E-state index contributed by atoms with van der Waals surface area (Å²) >= 11 is 0. The predicted molar refractivity (Wildman–Crippen MR) is 53.5 cm³/mol. The maximum Gasteiger partial charge on any atom is 0.226 e. The molecule has 0 aromatic rings. The van der Waals surface area contributed by atoms with Crippen LogP contribution in [-0.4, -0.2) is 37.5 Å². The summed E-state index contributed by atoms with van der Waals surface area (Å²) in [6, 6.07) is 0. The van der Waals surface area contributed by atoms with Gasteiger partial charge in [0.15, 0.2) is 0 Å². The SMILES string of the molecule is CCC(CNC)C(=O)N1CCCC1. The standard InChI is InChI=1S/C10H20N2O/c1-3-9(8-11-2)10(13)12-6-4-5-7-12/h9,11H,3-8H2,1-2H3. The Balaban J connectivity index is 2.42. The van der Waals surface area contributed by atoms with Gasteiger partial charge in [0, 0.05) is 19.6 Å². The molecule has 1 rings (SSSR count). The number of rotatable bonds is 4. The Kier molecular flexibility index (Phi) is 4.22. The molecule has 1 atom stereocenters. The molecule has 0 spiro atoms. The van der Waals surface area contributed by atoms with Crippen LogP contribution in [0.15, 0.2) is 0 Å². The normalized spacial score (nSPS) is 19.1. The van der Waals surface area contributed by atoms with Crippen molar-refractivity contribution in [2.45, 2.75) is 26.2 Å². The van der Waals surface area contributed by atoms with Crippen LogP contribution in [0, 0.1) is 5.92 Å². The molecule has 0 saturated carbocycles. The van der Waals surface area contributed by atoms with Crippen LogP contribution < -0.4 is 5.32 Å². The summed E-state index contributed by atoms with van der Waals surface area (Å²) in [7, 11) is 1.90. The highest BCUT2D eigenvalue weighted by Crippen LogP contribution is 2.13. The van der Waals surface area contributed by atoms with Gasteiger partial charge < -0.3 is 10.2 Å². The predicted octanol–water partition coefficient (Wildman–Crippen LogP) is 0.854. The van der Waals surface area contributed by atoms with E-state index in [4.69, 9.17) is 0 Å². The number of hydrogen-bond acceptors (Lipinski definition) is 2. The van der Waals surface area contributed by atoms with Crippen molar-refractivity contribution in [3.63, 3.8) is 0 Å². The average molecular weight is 184 g/mol. The molecule has 76 valence electrons. The minimum Gasteiger partial charge on any atom is -0.342 e. The fourth-order valence-electron chi connectivity index (χ4n) is 1.85. The van der Waals surface area contributed by atoms with Gasteiger partial charge in [0.25, 0.3) is 0 Å². The number of likely N-dealkylation sites (tertiary alicyclic amines) is 1. The Hall–Kier alpha value is -0.570. The van der Waals surface area contributed by atoms with Crippen LogP contribution >= 0.6 is 0 Å². The second kappa shape index (κ2) is 5.22. The summed E-state index contributed by atoms with van der Waals surface area (Å²) in [5.41, 5.74) is 0. The molecule has 1 fully saturated rings. The van der Waals surface area contributed by atoms with Gasteiger partial charge in [0.05, 0.1) is 5.92 Å². The summed E-state index contributed by atoms with van der Waals surface area (Å²) in [5.74, 6) is 0.525. The molecule has 0 aromatic carbocycles. The van der Waals surface area contributed by atoms with Gasteiger partial charge in [-0.1, -0.05) is 6.92 Å². The quantitative estimate of drug-likeness (QED) is 0.702. The lowest BCUT2D eigenvalue weighted by atomic mass is 10.1. The van der Waals surface area contributed by atoms with Crippen molar-refractivity contribution in [1.29, 1.82) is 0 Å². The first kappa shape index (κ1) is 10.5. The Bertz CT molecular complexity index is 164. The van der Waals surface area contributed by atoms with Gasteiger partial charge in [0.2, 0.25) is 5.91 Å². The summed E-state index contributed by atoms with van der Waals surface area (Å²) in [4.78, 5) is 13.9. The summed E-state index contributed by atoms with van der Waals surface area (Å²) in [6.07, 6.45) is 3.31. The molecule has 1 aliphatic rings. The van der Waals surface area contributed by atoms with E-state index < -0.39 is 0 Å². The van der Waals surface area contributed by atoms with Crippen molar-refractivity contribution in [3.05, 3.63) is 0 Å². The van der Waals surface area contributed by atoms with Crippen molar-refractivity contribution in [1.82, 2.24) is 10.2 Å². The smallest absolute Gasteiger partial charge is 0.226 e. The van der Waals surface area contributed by atoms with Crippen molar-refractivity contribution in [2.75, 3.05) is 26.7 Å². The van der Waals surface area contributed by atoms with E-state index in [2.05, 4.69) is 12.2 Å². The molecule has 1 aliphatic heterocycles. The second-order valence-corrected chi connectivity index (χ2v) is 3.70. The lowest BCUT2D eigenvalue weighted by Gasteiger charge is -2.21. The first-order valence-electron chi connectivity index (χ1n) is 5.23. The first-order valence-corrected chi connectivity index (χ1v) is 5.23. The molecular weight excluding hydrogens is 164 g/mol. The van der Waals surface area contributed by atoms with E-state index in [0.29, 0.717) is 5.91 Å². The maximum atomic E-state index is 11.9. The number of carbonyl (C=O) groups excluding carboxylic acids is 1. The van der Waals surface area contributed by atoms with Crippen LogP contribution in [0.2, 0.25) is 0 Å². The highest BCUT2D eigenvalue weighted by Gasteiger charge is 2.24. The minimum atomic E-state index is 0.183. The molecule has 3 heteroatoms. The van der Waals surface area contributed by atoms with Crippen molar-refractivity contribution in [2.24, 2.45) is 5.92 Å².